The van der Waals surface area contributed by atoms with Crippen LogP contribution in [0.4, 0.5) is 5.69 Å². The fourth-order valence-corrected chi connectivity index (χ4v) is 2.27. The normalized spacial score (nSPS) is 15.4. The third-order valence-corrected chi connectivity index (χ3v) is 3.31. The van der Waals surface area contributed by atoms with Crippen LogP contribution in [0, 0.1) is 12.3 Å². The van der Waals surface area contributed by atoms with Crippen LogP contribution < -0.4 is 10.2 Å². The number of anilines is 1. The highest BCUT2D eigenvalue weighted by Crippen LogP contribution is 2.28. The summed E-state index contributed by atoms with van der Waals surface area (Å²) < 4.78 is 0. The van der Waals surface area contributed by atoms with E-state index in [0.717, 1.165) is 5.69 Å². The van der Waals surface area contributed by atoms with Crippen molar-refractivity contribution in [1.82, 2.24) is 5.32 Å². The van der Waals surface area contributed by atoms with Gasteiger partial charge in [-0.1, -0.05) is 18.1 Å². The highest BCUT2D eigenvalue weighted by molar-refractivity contribution is 6.04. The maximum atomic E-state index is 12.0. The van der Waals surface area contributed by atoms with E-state index in [1.54, 1.807) is 6.07 Å². The number of nitrogens with one attached hydrogen (secondary N) is 1. The topological polar surface area (TPSA) is 49.4 Å². The molecular formula is C15H16N2O2. The maximum absolute atomic E-state index is 12.0. The highest BCUT2D eigenvalue weighted by atomic mass is 16.2. The molecule has 0 aromatic heterocycles. The summed E-state index contributed by atoms with van der Waals surface area (Å²) in [5.41, 5.74) is 1.51. The molecule has 1 atom stereocenters. The second kappa shape index (κ2) is 5.57. The van der Waals surface area contributed by atoms with Gasteiger partial charge in [-0.15, -0.1) is 6.42 Å². The highest BCUT2D eigenvalue weighted by Gasteiger charge is 2.28. The number of Topliss-reactive ketones (excluding diaryl/α,β-unsaturated/α-hetero) is 1. The van der Waals surface area contributed by atoms with Gasteiger partial charge in [0.1, 0.15) is 6.04 Å². The first-order valence-electron chi connectivity index (χ1n) is 6.25. The number of para-hydroxylation sites is 1. The number of amides is 1. The Balaban J connectivity index is 2.23. The Labute approximate surface area is 112 Å². The molecule has 98 valence electrons. The van der Waals surface area contributed by atoms with Crippen molar-refractivity contribution in [1.29, 1.82) is 0 Å². The van der Waals surface area contributed by atoms with E-state index in [1.807, 2.05) is 30.0 Å². The zero-order valence-corrected chi connectivity index (χ0v) is 10.8. The van der Waals surface area contributed by atoms with E-state index < -0.39 is 0 Å². The first kappa shape index (κ1) is 13.2. The Bertz CT molecular complexity index is 545. The maximum Gasteiger partial charge on any atom is 0.243 e. The lowest BCUT2D eigenvalue weighted by atomic mass is 9.99. The summed E-state index contributed by atoms with van der Waals surface area (Å²) in [6.45, 7) is 2.59. The number of carbonyl (C=O) groups is 2. The van der Waals surface area contributed by atoms with Crippen LogP contribution in [-0.2, 0) is 4.79 Å². The minimum Gasteiger partial charge on any atom is -0.359 e. The van der Waals surface area contributed by atoms with Gasteiger partial charge in [-0.05, 0) is 19.1 Å². The second-order valence-electron chi connectivity index (χ2n) is 4.48. The molecule has 4 heteroatoms. The first-order chi connectivity index (χ1) is 9.15. The van der Waals surface area contributed by atoms with Crippen molar-refractivity contribution < 1.29 is 9.59 Å². The van der Waals surface area contributed by atoms with E-state index in [9.17, 15) is 9.59 Å². The number of fused-ring (bicyclic) bond motifs is 1. The summed E-state index contributed by atoms with van der Waals surface area (Å²) in [5.74, 6) is 2.38. The summed E-state index contributed by atoms with van der Waals surface area (Å²) in [7, 11) is 0. The fraction of sp³-hybridized carbons (Fsp3) is 0.333. The van der Waals surface area contributed by atoms with Crippen molar-refractivity contribution in [2.75, 3.05) is 18.0 Å². The van der Waals surface area contributed by atoms with Crippen LogP contribution in [0.1, 0.15) is 23.7 Å². The molecule has 4 nitrogen and oxygen atoms in total. The Kier molecular flexibility index (Phi) is 3.86. The van der Waals surface area contributed by atoms with Crippen LogP contribution in [0.5, 0.6) is 0 Å². The molecule has 0 spiro atoms. The molecule has 0 radical (unpaired) electrons. The lowest BCUT2D eigenvalue weighted by Crippen LogP contribution is -2.48. The van der Waals surface area contributed by atoms with Gasteiger partial charge in [0.25, 0.3) is 0 Å². The molecule has 2 rings (SSSR count). The zero-order chi connectivity index (χ0) is 13.8. The van der Waals surface area contributed by atoms with Crippen molar-refractivity contribution in [3.8, 4) is 12.3 Å². The van der Waals surface area contributed by atoms with Crippen molar-refractivity contribution in [2.45, 2.75) is 19.4 Å². The third kappa shape index (κ3) is 2.60. The molecule has 0 saturated carbocycles. The molecule has 1 unspecified atom stereocenters. The number of hydrogen-bond donors (Lipinski definition) is 1. The number of rotatable bonds is 3. The molecule has 19 heavy (non-hydrogen) atoms. The standard InChI is InChI=1S/C15H16N2O2/c1-3-9-16-15(19)11(2)17-10-8-14(18)12-6-4-5-7-13(12)17/h1,4-7,11H,8-10H2,2H3,(H,16,19). The second-order valence-corrected chi connectivity index (χ2v) is 4.48. The van der Waals surface area contributed by atoms with Crippen molar-refractivity contribution in [3.05, 3.63) is 29.8 Å². The van der Waals surface area contributed by atoms with E-state index in [1.165, 1.54) is 0 Å². The Hall–Kier alpha value is -2.28. The van der Waals surface area contributed by atoms with Gasteiger partial charge in [0.15, 0.2) is 5.78 Å². The molecule has 1 aliphatic rings. The van der Waals surface area contributed by atoms with Crippen LogP contribution in [0.15, 0.2) is 24.3 Å². The predicted octanol–water partition coefficient (Wildman–Crippen LogP) is 1.22. The van der Waals surface area contributed by atoms with Crippen LogP contribution in [0.2, 0.25) is 0 Å². The summed E-state index contributed by atoms with van der Waals surface area (Å²) in [6.07, 6.45) is 5.56. The van der Waals surface area contributed by atoms with Gasteiger partial charge in [-0.2, -0.15) is 0 Å². The Morgan fingerprint density at radius 3 is 3.00 bits per heavy atom. The van der Waals surface area contributed by atoms with E-state index in [4.69, 9.17) is 6.42 Å². The van der Waals surface area contributed by atoms with Gasteiger partial charge in [0, 0.05) is 24.2 Å². The van der Waals surface area contributed by atoms with Crippen LogP contribution >= 0.6 is 0 Å². The molecular weight excluding hydrogens is 240 g/mol. The van der Waals surface area contributed by atoms with Gasteiger partial charge in [0.2, 0.25) is 5.91 Å². The summed E-state index contributed by atoms with van der Waals surface area (Å²) in [4.78, 5) is 25.7. The Morgan fingerprint density at radius 2 is 2.26 bits per heavy atom. The molecule has 0 fully saturated rings. The number of ketones is 1. The number of terminal acetylenes is 1. The van der Waals surface area contributed by atoms with E-state index in [-0.39, 0.29) is 24.3 Å². The van der Waals surface area contributed by atoms with Gasteiger partial charge in [-0.25, -0.2) is 0 Å². The molecule has 1 amide bonds. The molecule has 0 aliphatic carbocycles. The fourth-order valence-electron chi connectivity index (χ4n) is 2.27. The molecule has 1 N–H and O–H groups in total. The van der Waals surface area contributed by atoms with Gasteiger partial charge < -0.3 is 10.2 Å². The minimum atomic E-state index is -0.345. The smallest absolute Gasteiger partial charge is 0.243 e. The molecule has 1 aliphatic heterocycles. The van der Waals surface area contributed by atoms with Crippen LogP contribution in [-0.4, -0.2) is 30.8 Å². The summed E-state index contributed by atoms with van der Waals surface area (Å²) in [6, 6.07) is 7.04. The third-order valence-electron chi connectivity index (χ3n) is 3.31. The van der Waals surface area contributed by atoms with Gasteiger partial charge in [0.05, 0.1) is 6.54 Å². The first-order valence-corrected chi connectivity index (χ1v) is 6.25. The van der Waals surface area contributed by atoms with Gasteiger partial charge >= 0.3 is 0 Å². The monoisotopic (exact) mass is 256 g/mol. The summed E-state index contributed by atoms with van der Waals surface area (Å²) >= 11 is 0. The van der Waals surface area contributed by atoms with E-state index >= 15 is 0 Å². The number of benzene rings is 1. The number of hydrogen-bond acceptors (Lipinski definition) is 3. The molecule has 1 aromatic carbocycles. The average molecular weight is 256 g/mol. The lowest BCUT2D eigenvalue weighted by molar-refractivity contribution is -0.121. The number of nitrogens with zero attached hydrogens (tertiary/aromatic N) is 1. The van der Waals surface area contributed by atoms with Crippen LogP contribution in [0.25, 0.3) is 0 Å². The zero-order valence-electron chi connectivity index (χ0n) is 10.8. The van der Waals surface area contributed by atoms with Crippen molar-refractivity contribution in [2.24, 2.45) is 0 Å². The van der Waals surface area contributed by atoms with Crippen molar-refractivity contribution in [3.63, 3.8) is 0 Å². The molecule has 0 saturated heterocycles. The van der Waals surface area contributed by atoms with E-state index in [2.05, 4.69) is 11.2 Å². The largest absolute Gasteiger partial charge is 0.359 e. The van der Waals surface area contributed by atoms with Gasteiger partial charge in [-0.3, -0.25) is 9.59 Å². The average Bonchev–Trinajstić information content (AvgIpc) is 2.45. The molecule has 0 bridgehead atoms. The predicted molar refractivity (Wildman–Crippen MR) is 74.0 cm³/mol. The minimum absolute atomic E-state index is 0.123. The van der Waals surface area contributed by atoms with Crippen LogP contribution in [0.3, 0.4) is 0 Å². The van der Waals surface area contributed by atoms with Crippen molar-refractivity contribution >= 4 is 17.4 Å². The summed E-state index contributed by atoms with van der Waals surface area (Å²) in [5, 5.41) is 2.67. The number of carbonyl (C=O) groups excluding carboxylic acids is 2. The SMILES string of the molecule is C#CCNC(=O)C(C)N1CCC(=O)c2ccccc21. The molecule has 1 heterocycles. The molecule has 1 aromatic rings. The lowest BCUT2D eigenvalue weighted by Gasteiger charge is -2.34. The van der Waals surface area contributed by atoms with E-state index in [0.29, 0.717) is 18.5 Å². The Morgan fingerprint density at radius 1 is 1.53 bits per heavy atom. The quantitative estimate of drug-likeness (QED) is 0.827.